The van der Waals surface area contributed by atoms with Gasteiger partial charge in [-0.3, -0.25) is 0 Å². The van der Waals surface area contributed by atoms with Crippen LogP contribution in [0, 0.1) is 11.8 Å². The molecule has 0 aromatic heterocycles. The molecule has 0 amide bonds. The molecule has 0 aliphatic heterocycles. The number of nitrogens with one attached hydrogen (secondary N) is 2. The van der Waals surface area contributed by atoms with Crippen molar-refractivity contribution in [3.8, 4) is 0 Å². The molecule has 18 heavy (non-hydrogen) atoms. The lowest BCUT2D eigenvalue weighted by atomic mass is 10.1. The first-order valence-electron chi connectivity index (χ1n) is 7.59. The summed E-state index contributed by atoms with van der Waals surface area (Å²) in [5.74, 6) is 1.49. The van der Waals surface area contributed by atoms with Gasteiger partial charge in [0.2, 0.25) is 0 Å². The van der Waals surface area contributed by atoms with E-state index in [0.29, 0.717) is 24.2 Å². The fraction of sp³-hybridized carbons (Fsp3) is 1.00. The second-order valence-corrected chi connectivity index (χ2v) is 6.71. The van der Waals surface area contributed by atoms with Gasteiger partial charge in [-0.25, -0.2) is 0 Å². The second-order valence-electron chi connectivity index (χ2n) is 6.71. The van der Waals surface area contributed by atoms with Crippen molar-refractivity contribution in [1.82, 2.24) is 10.6 Å². The SMILES string of the molecule is CC(C)NC(C)C(C)C.CC(C)N[C@@H](C)C(C)C. The summed E-state index contributed by atoms with van der Waals surface area (Å²) in [6.45, 7) is 22.1. The third kappa shape index (κ3) is 14.0. The zero-order chi connectivity index (χ0) is 14.9. The number of hydrogen-bond acceptors (Lipinski definition) is 2. The maximum Gasteiger partial charge on any atom is 0.00640 e. The highest BCUT2D eigenvalue weighted by Gasteiger charge is 2.06. The zero-order valence-electron chi connectivity index (χ0n) is 14.5. The molecule has 0 bridgehead atoms. The fourth-order valence-corrected chi connectivity index (χ4v) is 1.44. The third-order valence-electron chi connectivity index (χ3n) is 3.19. The Bertz CT molecular complexity index is 154. The van der Waals surface area contributed by atoms with Gasteiger partial charge in [-0.05, 0) is 25.7 Å². The van der Waals surface area contributed by atoms with E-state index >= 15 is 0 Å². The molecule has 2 heteroatoms. The Labute approximate surface area is 116 Å². The van der Waals surface area contributed by atoms with E-state index in [1.54, 1.807) is 0 Å². The molecule has 2 nitrogen and oxygen atoms in total. The minimum absolute atomic E-state index is 0.613. The molecule has 0 saturated carbocycles. The lowest BCUT2D eigenvalue weighted by molar-refractivity contribution is 0.396. The van der Waals surface area contributed by atoms with Crippen LogP contribution in [-0.2, 0) is 0 Å². The highest BCUT2D eigenvalue weighted by molar-refractivity contribution is 4.66. The van der Waals surface area contributed by atoms with Crippen molar-refractivity contribution < 1.29 is 0 Å². The van der Waals surface area contributed by atoms with Crippen LogP contribution in [0.3, 0.4) is 0 Å². The largest absolute Gasteiger partial charge is 0.312 e. The van der Waals surface area contributed by atoms with Crippen LogP contribution in [0.15, 0.2) is 0 Å². The van der Waals surface area contributed by atoms with E-state index in [0.717, 1.165) is 11.8 Å². The van der Waals surface area contributed by atoms with Crippen LogP contribution in [0.25, 0.3) is 0 Å². The van der Waals surface area contributed by atoms with Gasteiger partial charge in [-0.15, -0.1) is 0 Å². The highest BCUT2D eigenvalue weighted by Crippen LogP contribution is 2.00. The Hall–Kier alpha value is -0.0800. The van der Waals surface area contributed by atoms with Crippen LogP contribution in [0.4, 0.5) is 0 Å². The van der Waals surface area contributed by atoms with Crippen LogP contribution >= 0.6 is 0 Å². The molecule has 2 N–H and O–H groups in total. The molecule has 0 saturated heterocycles. The Morgan fingerprint density at radius 3 is 0.722 bits per heavy atom. The van der Waals surface area contributed by atoms with Crippen molar-refractivity contribution in [3.05, 3.63) is 0 Å². The van der Waals surface area contributed by atoms with E-state index in [1.807, 2.05) is 0 Å². The maximum atomic E-state index is 3.44. The Balaban J connectivity index is 0. The minimum atomic E-state index is 0.613. The third-order valence-corrected chi connectivity index (χ3v) is 3.19. The van der Waals surface area contributed by atoms with E-state index < -0.39 is 0 Å². The molecule has 1 unspecified atom stereocenters. The highest BCUT2D eigenvalue weighted by atomic mass is 14.9. The van der Waals surface area contributed by atoms with E-state index in [4.69, 9.17) is 0 Å². The van der Waals surface area contributed by atoms with Gasteiger partial charge in [0.15, 0.2) is 0 Å². The van der Waals surface area contributed by atoms with Crippen molar-refractivity contribution in [2.45, 2.75) is 93.4 Å². The van der Waals surface area contributed by atoms with Crippen molar-refractivity contribution in [1.29, 1.82) is 0 Å². The topological polar surface area (TPSA) is 24.1 Å². The summed E-state index contributed by atoms with van der Waals surface area (Å²) in [6, 6.07) is 2.51. The quantitative estimate of drug-likeness (QED) is 0.751. The van der Waals surface area contributed by atoms with Gasteiger partial charge in [0.1, 0.15) is 0 Å². The van der Waals surface area contributed by atoms with Gasteiger partial charge in [0.25, 0.3) is 0 Å². The lowest BCUT2D eigenvalue weighted by Crippen LogP contribution is -2.35. The van der Waals surface area contributed by atoms with Crippen molar-refractivity contribution in [2.75, 3.05) is 0 Å². The molecular weight excluding hydrogens is 220 g/mol. The second kappa shape index (κ2) is 10.8. The van der Waals surface area contributed by atoms with Gasteiger partial charge < -0.3 is 10.6 Å². The van der Waals surface area contributed by atoms with Crippen molar-refractivity contribution >= 4 is 0 Å². The molecule has 0 rings (SSSR count). The predicted octanol–water partition coefficient (Wildman–Crippen LogP) is 4.06. The van der Waals surface area contributed by atoms with Gasteiger partial charge in [-0.1, -0.05) is 55.4 Å². The first kappa shape index (κ1) is 20.2. The zero-order valence-corrected chi connectivity index (χ0v) is 14.5. The van der Waals surface area contributed by atoms with E-state index in [1.165, 1.54) is 0 Å². The Morgan fingerprint density at radius 1 is 0.444 bits per heavy atom. The van der Waals surface area contributed by atoms with Crippen LogP contribution in [-0.4, -0.2) is 24.2 Å². The maximum absolute atomic E-state index is 3.44. The Kier molecular flexibility index (Phi) is 12.2. The van der Waals surface area contributed by atoms with E-state index in [2.05, 4.69) is 79.9 Å². The molecule has 0 aliphatic carbocycles. The van der Waals surface area contributed by atoms with Gasteiger partial charge in [-0.2, -0.15) is 0 Å². The van der Waals surface area contributed by atoms with Crippen LogP contribution < -0.4 is 10.6 Å². The number of hydrogen-bond donors (Lipinski definition) is 2. The molecule has 0 heterocycles. The molecule has 0 fully saturated rings. The summed E-state index contributed by atoms with van der Waals surface area (Å²) in [5, 5.41) is 6.88. The molecule has 0 spiro atoms. The summed E-state index contributed by atoms with van der Waals surface area (Å²) in [5.41, 5.74) is 0. The molecule has 0 aromatic carbocycles. The van der Waals surface area contributed by atoms with E-state index in [-0.39, 0.29) is 0 Å². The van der Waals surface area contributed by atoms with E-state index in [9.17, 15) is 0 Å². The fourth-order valence-electron chi connectivity index (χ4n) is 1.44. The molecule has 112 valence electrons. The standard InChI is InChI=1S/2C8H19N/c2*1-6(2)8(5)9-7(3)4/h2*6-9H,1-5H3/t8-;/m0./s1. The van der Waals surface area contributed by atoms with Gasteiger partial charge in [0.05, 0.1) is 0 Å². The van der Waals surface area contributed by atoms with Crippen molar-refractivity contribution in [3.63, 3.8) is 0 Å². The van der Waals surface area contributed by atoms with Crippen LogP contribution in [0.5, 0.6) is 0 Å². The van der Waals surface area contributed by atoms with Crippen LogP contribution in [0.1, 0.15) is 69.2 Å². The molecule has 0 aromatic rings. The molecule has 0 aliphatic rings. The number of rotatable bonds is 6. The average molecular weight is 258 g/mol. The normalized spacial score (nSPS) is 15.0. The van der Waals surface area contributed by atoms with Gasteiger partial charge in [0, 0.05) is 24.2 Å². The summed E-state index contributed by atoms with van der Waals surface area (Å²) in [7, 11) is 0. The first-order chi connectivity index (χ1) is 8.07. The average Bonchev–Trinajstić information content (AvgIpc) is 2.16. The molecule has 0 radical (unpaired) electrons. The minimum Gasteiger partial charge on any atom is -0.312 e. The van der Waals surface area contributed by atoms with Gasteiger partial charge >= 0.3 is 0 Å². The Morgan fingerprint density at radius 2 is 0.667 bits per heavy atom. The smallest absolute Gasteiger partial charge is 0.00640 e. The summed E-state index contributed by atoms with van der Waals surface area (Å²) >= 11 is 0. The first-order valence-corrected chi connectivity index (χ1v) is 7.59. The summed E-state index contributed by atoms with van der Waals surface area (Å²) in [6.07, 6.45) is 0. The predicted molar refractivity (Wildman–Crippen MR) is 85.1 cm³/mol. The summed E-state index contributed by atoms with van der Waals surface area (Å²) < 4.78 is 0. The van der Waals surface area contributed by atoms with Crippen molar-refractivity contribution in [2.24, 2.45) is 11.8 Å². The monoisotopic (exact) mass is 258 g/mol. The lowest BCUT2D eigenvalue weighted by Gasteiger charge is -2.19. The summed E-state index contributed by atoms with van der Waals surface area (Å²) in [4.78, 5) is 0. The van der Waals surface area contributed by atoms with Crippen LogP contribution in [0.2, 0.25) is 0 Å². The molecule has 2 atom stereocenters. The molecular formula is C16H38N2.